The van der Waals surface area contributed by atoms with Crippen LogP contribution < -0.4 is 5.32 Å². The van der Waals surface area contributed by atoms with Crippen LogP contribution >= 0.6 is 0 Å². The van der Waals surface area contributed by atoms with Crippen LogP contribution in [0.3, 0.4) is 0 Å². The molecule has 0 aliphatic heterocycles. The second-order valence-electron chi connectivity index (χ2n) is 4.53. The van der Waals surface area contributed by atoms with Gasteiger partial charge in [0.1, 0.15) is 11.5 Å². The monoisotopic (exact) mass is 247 g/mol. The largest absolute Gasteiger partial charge is 0.313 e. The number of aryl methyl sites for hydroxylation is 2. The quantitative estimate of drug-likeness (QED) is 0.903. The average molecular weight is 247 g/mol. The van der Waals surface area contributed by atoms with Crippen LogP contribution in [-0.4, -0.2) is 16.8 Å². The maximum absolute atomic E-state index is 14.1. The first-order chi connectivity index (χ1) is 8.54. The molecular weight excluding hydrogens is 229 g/mol. The third-order valence-electron chi connectivity index (χ3n) is 3.14. The SMILES string of the molecule is CNC(C)c1cccc(F)c1-n1nc(C)cc1C. The van der Waals surface area contributed by atoms with E-state index < -0.39 is 0 Å². The van der Waals surface area contributed by atoms with E-state index >= 15 is 0 Å². The number of para-hydroxylation sites is 1. The smallest absolute Gasteiger partial charge is 0.149 e. The van der Waals surface area contributed by atoms with Crippen LogP contribution in [-0.2, 0) is 0 Å². The summed E-state index contributed by atoms with van der Waals surface area (Å²) in [7, 11) is 1.86. The van der Waals surface area contributed by atoms with Crippen molar-refractivity contribution in [2.75, 3.05) is 7.05 Å². The van der Waals surface area contributed by atoms with Crippen molar-refractivity contribution in [1.29, 1.82) is 0 Å². The van der Waals surface area contributed by atoms with Gasteiger partial charge in [0, 0.05) is 11.7 Å². The van der Waals surface area contributed by atoms with E-state index in [0.29, 0.717) is 5.69 Å². The molecule has 0 bridgehead atoms. The summed E-state index contributed by atoms with van der Waals surface area (Å²) in [5.41, 5.74) is 3.26. The Kier molecular flexibility index (Phi) is 3.48. The molecule has 3 nitrogen and oxygen atoms in total. The molecule has 0 amide bonds. The summed E-state index contributed by atoms with van der Waals surface area (Å²) in [5.74, 6) is -0.249. The lowest BCUT2D eigenvalue weighted by atomic mass is 10.1. The van der Waals surface area contributed by atoms with Crippen LogP contribution in [0.5, 0.6) is 0 Å². The Labute approximate surface area is 107 Å². The van der Waals surface area contributed by atoms with Crippen molar-refractivity contribution in [1.82, 2.24) is 15.1 Å². The normalized spacial score (nSPS) is 12.7. The lowest BCUT2D eigenvalue weighted by Crippen LogP contribution is -2.17. The average Bonchev–Trinajstić information content (AvgIpc) is 2.67. The molecule has 1 atom stereocenters. The first-order valence-corrected chi connectivity index (χ1v) is 6.04. The van der Waals surface area contributed by atoms with E-state index in [9.17, 15) is 4.39 Å². The molecule has 0 spiro atoms. The topological polar surface area (TPSA) is 29.9 Å². The molecule has 0 fully saturated rings. The molecule has 96 valence electrons. The molecule has 1 unspecified atom stereocenters. The number of nitrogens with one attached hydrogen (secondary N) is 1. The second-order valence-corrected chi connectivity index (χ2v) is 4.53. The molecule has 1 aromatic heterocycles. The number of halogens is 1. The van der Waals surface area contributed by atoms with E-state index in [2.05, 4.69) is 10.4 Å². The minimum atomic E-state index is -0.249. The van der Waals surface area contributed by atoms with Crippen LogP contribution in [0.4, 0.5) is 4.39 Å². The Morgan fingerprint density at radius 3 is 2.61 bits per heavy atom. The van der Waals surface area contributed by atoms with Gasteiger partial charge in [-0.25, -0.2) is 9.07 Å². The van der Waals surface area contributed by atoms with E-state index in [4.69, 9.17) is 0 Å². The molecule has 2 rings (SSSR count). The Morgan fingerprint density at radius 2 is 2.06 bits per heavy atom. The van der Waals surface area contributed by atoms with Crippen molar-refractivity contribution < 1.29 is 4.39 Å². The van der Waals surface area contributed by atoms with Crippen LogP contribution in [0, 0.1) is 19.7 Å². The van der Waals surface area contributed by atoms with E-state index in [0.717, 1.165) is 17.0 Å². The Morgan fingerprint density at radius 1 is 1.33 bits per heavy atom. The van der Waals surface area contributed by atoms with Gasteiger partial charge >= 0.3 is 0 Å². The van der Waals surface area contributed by atoms with E-state index in [-0.39, 0.29) is 11.9 Å². The zero-order valence-electron chi connectivity index (χ0n) is 11.2. The summed E-state index contributed by atoms with van der Waals surface area (Å²) in [4.78, 5) is 0. The van der Waals surface area contributed by atoms with E-state index in [1.807, 2.05) is 40.0 Å². The Bertz CT molecular complexity index is 560. The molecule has 1 aromatic carbocycles. The highest BCUT2D eigenvalue weighted by Gasteiger charge is 2.17. The first kappa shape index (κ1) is 12.8. The molecule has 0 radical (unpaired) electrons. The fraction of sp³-hybridized carbons (Fsp3) is 0.357. The van der Waals surface area contributed by atoms with Crippen LogP contribution in [0.1, 0.15) is 29.9 Å². The van der Waals surface area contributed by atoms with Crippen molar-refractivity contribution in [2.24, 2.45) is 0 Å². The van der Waals surface area contributed by atoms with Crippen molar-refractivity contribution in [3.63, 3.8) is 0 Å². The summed E-state index contributed by atoms with van der Waals surface area (Å²) in [6.07, 6.45) is 0. The third-order valence-corrected chi connectivity index (χ3v) is 3.14. The highest BCUT2D eigenvalue weighted by molar-refractivity contribution is 5.45. The van der Waals surface area contributed by atoms with Crippen molar-refractivity contribution in [3.8, 4) is 5.69 Å². The van der Waals surface area contributed by atoms with Crippen molar-refractivity contribution in [3.05, 3.63) is 47.0 Å². The minimum absolute atomic E-state index is 0.0691. The predicted octanol–water partition coefficient (Wildman–Crippen LogP) is 2.91. The molecule has 0 saturated heterocycles. The fourth-order valence-corrected chi connectivity index (χ4v) is 2.12. The fourth-order valence-electron chi connectivity index (χ4n) is 2.12. The summed E-state index contributed by atoms with van der Waals surface area (Å²) in [5, 5.41) is 7.50. The first-order valence-electron chi connectivity index (χ1n) is 6.04. The van der Waals surface area contributed by atoms with Crippen LogP contribution in [0.2, 0.25) is 0 Å². The van der Waals surface area contributed by atoms with Gasteiger partial charge in [-0.2, -0.15) is 5.10 Å². The van der Waals surface area contributed by atoms with Gasteiger partial charge in [0.15, 0.2) is 0 Å². The molecule has 1 N–H and O–H groups in total. The van der Waals surface area contributed by atoms with Gasteiger partial charge in [0.2, 0.25) is 0 Å². The molecule has 0 saturated carbocycles. The number of rotatable bonds is 3. The summed E-state index contributed by atoms with van der Waals surface area (Å²) < 4.78 is 15.8. The number of hydrogen-bond acceptors (Lipinski definition) is 2. The van der Waals surface area contributed by atoms with Crippen LogP contribution in [0.15, 0.2) is 24.3 Å². The van der Waals surface area contributed by atoms with E-state index in [1.165, 1.54) is 6.07 Å². The predicted molar refractivity (Wildman–Crippen MR) is 70.5 cm³/mol. The maximum atomic E-state index is 14.1. The van der Waals surface area contributed by atoms with Gasteiger partial charge in [-0.15, -0.1) is 0 Å². The molecule has 0 aliphatic carbocycles. The minimum Gasteiger partial charge on any atom is -0.313 e. The van der Waals surface area contributed by atoms with Gasteiger partial charge < -0.3 is 5.32 Å². The Balaban J connectivity index is 2.66. The Hall–Kier alpha value is -1.68. The highest BCUT2D eigenvalue weighted by atomic mass is 19.1. The zero-order valence-corrected chi connectivity index (χ0v) is 11.2. The number of aromatic nitrogens is 2. The molecule has 1 heterocycles. The lowest BCUT2D eigenvalue weighted by molar-refractivity contribution is 0.586. The summed E-state index contributed by atoms with van der Waals surface area (Å²) in [6, 6.07) is 7.14. The summed E-state index contributed by atoms with van der Waals surface area (Å²) >= 11 is 0. The molecule has 2 aromatic rings. The maximum Gasteiger partial charge on any atom is 0.149 e. The number of nitrogens with zero attached hydrogens (tertiary/aromatic N) is 2. The van der Waals surface area contributed by atoms with Crippen molar-refractivity contribution >= 4 is 0 Å². The van der Waals surface area contributed by atoms with Gasteiger partial charge in [-0.1, -0.05) is 12.1 Å². The second kappa shape index (κ2) is 4.90. The summed E-state index contributed by atoms with van der Waals surface area (Å²) in [6.45, 7) is 5.84. The van der Waals surface area contributed by atoms with Gasteiger partial charge in [0.05, 0.1) is 5.69 Å². The molecule has 0 aliphatic rings. The van der Waals surface area contributed by atoms with Crippen LogP contribution in [0.25, 0.3) is 5.69 Å². The third kappa shape index (κ3) is 2.16. The van der Waals surface area contributed by atoms with Gasteiger partial charge in [-0.05, 0) is 45.5 Å². The molecule has 18 heavy (non-hydrogen) atoms. The van der Waals surface area contributed by atoms with Gasteiger partial charge in [0.25, 0.3) is 0 Å². The molecular formula is C14H18FN3. The zero-order chi connectivity index (χ0) is 13.3. The highest BCUT2D eigenvalue weighted by Crippen LogP contribution is 2.25. The number of benzene rings is 1. The van der Waals surface area contributed by atoms with Gasteiger partial charge in [-0.3, -0.25) is 0 Å². The standard InChI is InChI=1S/C14H18FN3/c1-9-8-10(2)18(17-9)14-12(11(3)16-4)6-5-7-13(14)15/h5-8,11,16H,1-4H3. The van der Waals surface area contributed by atoms with Crippen molar-refractivity contribution in [2.45, 2.75) is 26.8 Å². The lowest BCUT2D eigenvalue weighted by Gasteiger charge is -2.17. The number of hydrogen-bond donors (Lipinski definition) is 1. The molecule has 4 heteroatoms. The van der Waals surface area contributed by atoms with E-state index in [1.54, 1.807) is 10.7 Å².